The van der Waals surface area contributed by atoms with Crippen molar-refractivity contribution in [2.75, 3.05) is 0 Å². The normalized spacial score (nSPS) is 9.90. The summed E-state index contributed by atoms with van der Waals surface area (Å²) < 4.78 is 0. The third kappa shape index (κ3) is 1.09. The van der Waals surface area contributed by atoms with E-state index in [0.29, 0.717) is 5.56 Å². The van der Waals surface area contributed by atoms with E-state index >= 15 is 0 Å². The monoisotopic (exact) mass is 139 g/mol. The molecule has 0 bridgehead atoms. The molecule has 0 fully saturated rings. The standard InChI is InChI=1S/C7H10N2O/c1-4-3-6(7(8)10)5(2)9-4/h3,9H,1-2H3,(H2,8,10)/p+1. The van der Waals surface area contributed by atoms with Crippen LogP contribution in [0.3, 0.4) is 0 Å². The number of aromatic nitrogens is 1. The SMILES string of the molecule is Cc1cc(C([NH3+])=O)c(C)[nH]1. The Morgan fingerprint density at radius 3 is 2.40 bits per heavy atom. The third-order valence-corrected chi connectivity index (χ3v) is 1.45. The summed E-state index contributed by atoms with van der Waals surface area (Å²) in [5.41, 5.74) is 5.92. The minimum atomic E-state index is -0.123. The molecule has 0 unspecified atom stereocenters. The topological polar surface area (TPSA) is 60.5 Å². The molecule has 0 atom stereocenters. The van der Waals surface area contributed by atoms with Gasteiger partial charge >= 0.3 is 5.91 Å². The van der Waals surface area contributed by atoms with Gasteiger partial charge in [0, 0.05) is 11.4 Å². The van der Waals surface area contributed by atoms with Gasteiger partial charge in [-0.3, -0.25) is 5.73 Å². The zero-order chi connectivity index (χ0) is 7.72. The number of H-pyrrole nitrogens is 1. The highest BCUT2D eigenvalue weighted by molar-refractivity contribution is 5.87. The number of rotatable bonds is 1. The van der Waals surface area contributed by atoms with E-state index in [0.717, 1.165) is 11.4 Å². The van der Waals surface area contributed by atoms with Gasteiger partial charge in [0.05, 0.1) is 5.56 Å². The van der Waals surface area contributed by atoms with E-state index in [1.807, 2.05) is 19.9 Å². The number of aromatic amines is 1. The fourth-order valence-corrected chi connectivity index (χ4v) is 1.01. The van der Waals surface area contributed by atoms with Gasteiger partial charge in [-0.2, -0.15) is 0 Å². The third-order valence-electron chi connectivity index (χ3n) is 1.45. The molecule has 0 saturated heterocycles. The van der Waals surface area contributed by atoms with Crippen LogP contribution in [0.4, 0.5) is 0 Å². The molecule has 3 heteroatoms. The minimum absolute atomic E-state index is 0.123. The number of hydrogen-bond acceptors (Lipinski definition) is 1. The average molecular weight is 139 g/mol. The molecule has 0 aliphatic heterocycles. The molecule has 0 aromatic carbocycles. The first kappa shape index (κ1) is 7.02. The van der Waals surface area contributed by atoms with Crippen LogP contribution in [0.15, 0.2) is 6.07 Å². The molecule has 54 valence electrons. The largest absolute Gasteiger partial charge is 0.362 e. The molecule has 3 nitrogen and oxygen atoms in total. The van der Waals surface area contributed by atoms with Crippen molar-refractivity contribution in [1.82, 2.24) is 4.98 Å². The van der Waals surface area contributed by atoms with Crippen LogP contribution in [-0.4, -0.2) is 10.9 Å². The summed E-state index contributed by atoms with van der Waals surface area (Å²) in [6, 6.07) is 1.81. The summed E-state index contributed by atoms with van der Waals surface area (Å²) in [6.45, 7) is 3.78. The van der Waals surface area contributed by atoms with E-state index in [9.17, 15) is 4.79 Å². The molecule has 1 aromatic heterocycles. The maximum absolute atomic E-state index is 10.7. The molecule has 10 heavy (non-hydrogen) atoms. The van der Waals surface area contributed by atoms with Crippen molar-refractivity contribution < 1.29 is 10.5 Å². The quantitative estimate of drug-likeness (QED) is 0.566. The van der Waals surface area contributed by atoms with E-state index in [-0.39, 0.29) is 5.91 Å². The van der Waals surface area contributed by atoms with E-state index in [4.69, 9.17) is 0 Å². The Labute approximate surface area is 59.2 Å². The van der Waals surface area contributed by atoms with E-state index in [2.05, 4.69) is 10.7 Å². The first-order valence-corrected chi connectivity index (χ1v) is 3.14. The van der Waals surface area contributed by atoms with Crippen LogP contribution in [0.5, 0.6) is 0 Å². The molecule has 1 aromatic rings. The molecule has 4 N–H and O–H groups in total. The molecule has 1 rings (SSSR count). The number of aryl methyl sites for hydroxylation is 2. The Bertz CT molecular complexity index is 263. The summed E-state index contributed by atoms with van der Waals surface area (Å²) >= 11 is 0. The smallest absolute Gasteiger partial charge is 0.342 e. The Hall–Kier alpha value is -1.09. The predicted octanol–water partition coefficient (Wildman–Crippen LogP) is 0.0136. The van der Waals surface area contributed by atoms with Gasteiger partial charge in [-0.25, -0.2) is 4.79 Å². The van der Waals surface area contributed by atoms with Crippen LogP contribution < -0.4 is 5.73 Å². The second kappa shape index (κ2) is 2.27. The van der Waals surface area contributed by atoms with Gasteiger partial charge in [-0.05, 0) is 19.9 Å². The van der Waals surface area contributed by atoms with Crippen LogP contribution in [-0.2, 0) is 0 Å². The molecule has 0 radical (unpaired) electrons. The Balaban J connectivity index is 3.15. The highest BCUT2D eigenvalue weighted by Gasteiger charge is 2.09. The number of quaternary nitrogens is 1. The number of carbonyl (C=O) groups excluding carboxylic acids is 1. The highest BCUT2D eigenvalue weighted by atomic mass is 16.1. The lowest BCUT2D eigenvalue weighted by atomic mass is 10.2. The fourth-order valence-electron chi connectivity index (χ4n) is 1.01. The minimum Gasteiger partial charge on any atom is -0.362 e. The van der Waals surface area contributed by atoms with Gasteiger partial charge < -0.3 is 4.98 Å². The molecule has 0 saturated carbocycles. The zero-order valence-corrected chi connectivity index (χ0v) is 6.19. The van der Waals surface area contributed by atoms with Crippen molar-refractivity contribution in [2.24, 2.45) is 0 Å². The maximum atomic E-state index is 10.7. The summed E-state index contributed by atoms with van der Waals surface area (Å²) in [6.07, 6.45) is 0. The van der Waals surface area contributed by atoms with Gasteiger partial charge in [0.25, 0.3) is 0 Å². The van der Waals surface area contributed by atoms with Crippen LogP contribution >= 0.6 is 0 Å². The number of carbonyl (C=O) groups is 1. The van der Waals surface area contributed by atoms with Crippen molar-refractivity contribution in [2.45, 2.75) is 13.8 Å². The number of nitrogens with one attached hydrogen (secondary N) is 1. The van der Waals surface area contributed by atoms with Crippen molar-refractivity contribution in [1.29, 1.82) is 0 Å². The highest BCUT2D eigenvalue weighted by Crippen LogP contribution is 2.06. The predicted molar refractivity (Wildman–Crippen MR) is 37.5 cm³/mol. The van der Waals surface area contributed by atoms with Crippen LogP contribution in [0.25, 0.3) is 0 Å². The van der Waals surface area contributed by atoms with Gasteiger partial charge in [0.15, 0.2) is 0 Å². The lowest BCUT2D eigenvalue weighted by molar-refractivity contribution is -0.255. The van der Waals surface area contributed by atoms with E-state index < -0.39 is 0 Å². The molecule has 0 spiro atoms. The molecule has 0 aliphatic rings. The zero-order valence-electron chi connectivity index (χ0n) is 6.19. The Morgan fingerprint density at radius 2 is 2.20 bits per heavy atom. The first-order valence-electron chi connectivity index (χ1n) is 3.14. The van der Waals surface area contributed by atoms with Crippen LogP contribution in [0.1, 0.15) is 21.7 Å². The summed E-state index contributed by atoms with van der Waals surface area (Å²) in [5, 5.41) is 0. The molecular formula is C7H11N2O+. The van der Waals surface area contributed by atoms with Crippen LogP contribution in [0.2, 0.25) is 0 Å². The summed E-state index contributed by atoms with van der Waals surface area (Å²) in [7, 11) is 0. The second-order valence-electron chi connectivity index (χ2n) is 2.41. The van der Waals surface area contributed by atoms with Crippen molar-refractivity contribution >= 4 is 5.91 Å². The number of hydrogen-bond donors (Lipinski definition) is 2. The first-order chi connectivity index (χ1) is 4.61. The summed E-state index contributed by atoms with van der Waals surface area (Å²) in [4.78, 5) is 13.8. The van der Waals surface area contributed by atoms with Gasteiger partial charge in [-0.15, -0.1) is 0 Å². The van der Waals surface area contributed by atoms with Gasteiger partial charge in [0.2, 0.25) is 0 Å². The van der Waals surface area contributed by atoms with E-state index in [1.165, 1.54) is 0 Å². The van der Waals surface area contributed by atoms with Crippen molar-refractivity contribution in [3.8, 4) is 0 Å². The molecule has 1 heterocycles. The van der Waals surface area contributed by atoms with E-state index in [1.54, 1.807) is 0 Å². The van der Waals surface area contributed by atoms with Crippen molar-refractivity contribution in [3.05, 3.63) is 23.0 Å². The number of amides is 1. The van der Waals surface area contributed by atoms with Crippen LogP contribution in [0, 0.1) is 13.8 Å². The Kier molecular flexibility index (Phi) is 1.59. The average Bonchev–Trinajstić information content (AvgIpc) is 2.10. The second-order valence-corrected chi connectivity index (χ2v) is 2.41. The van der Waals surface area contributed by atoms with Crippen molar-refractivity contribution in [3.63, 3.8) is 0 Å². The fraction of sp³-hybridized carbons (Fsp3) is 0.286. The van der Waals surface area contributed by atoms with Gasteiger partial charge in [0.1, 0.15) is 0 Å². The summed E-state index contributed by atoms with van der Waals surface area (Å²) in [5.74, 6) is -0.123. The maximum Gasteiger partial charge on any atom is 0.342 e. The molecule has 0 aliphatic carbocycles. The molecule has 1 amide bonds. The lowest BCUT2D eigenvalue weighted by Gasteiger charge is -1.84. The lowest BCUT2D eigenvalue weighted by Crippen LogP contribution is -2.56. The molecular weight excluding hydrogens is 128 g/mol. The Morgan fingerprint density at radius 1 is 1.60 bits per heavy atom. The van der Waals surface area contributed by atoms with Gasteiger partial charge in [-0.1, -0.05) is 0 Å².